The minimum Gasteiger partial charge on any atom is -0.378 e. The van der Waals surface area contributed by atoms with Crippen LogP contribution in [0.3, 0.4) is 0 Å². The number of carbonyl (C=O) groups is 1. The molecule has 0 aliphatic carbocycles. The number of morpholine rings is 1. The topological polar surface area (TPSA) is 80.8 Å². The van der Waals surface area contributed by atoms with Crippen molar-refractivity contribution in [1.82, 2.24) is 4.98 Å². The number of hydrogen-bond acceptors (Lipinski definition) is 7. The Labute approximate surface area is 134 Å². The van der Waals surface area contributed by atoms with Crippen LogP contribution in [0.2, 0.25) is 0 Å². The maximum Gasteiger partial charge on any atom is 0.157 e. The van der Waals surface area contributed by atoms with Gasteiger partial charge in [-0.3, -0.25) is 9.79 Å². The zero-order valence-corrected chi connectivity index (χ0v) is 13.6. The summed E-state index contributed by atoms with van der Waals surface area (Å²) in [5.74, 6) is 0.930. The summed E-state index contributed by atoms with van der Waals surface area (Å²) < 4.78 is 5.35. The number of nitrogens with two attached hydrogens (primary N) is 1. The highest BCUT2D eigenvalue weighted by atomic mass is 32.2. The van der Waals surface area contributed by atoms with Crippen LogP contribution < -0.4 is 10.6 Å². The fraction of sp³-hybridized carbons (Fsp3) is 0.533. The Balaban J connectivity index is 1.78. The normalized spacial score (nSPS) is 28.6. The first-order chi connectivity index (χ1) is 10.5. The van der Waals surface area contributed by atoms with Crippen molar-refractivity contribution in [3.05, 3.63) is 23.9 Å². The highest BCUT2D eigenvalue weighted by Gasteiger charge is 2.41. The van der Waals surface area contributed by atoms with Gasteiger partial charge in [0.1, 0.15) is 16.9 Å². The van der Waals surface area contributed by atoms with Gasteiger partial charge >= 0.3 is 0 Å². The summed E-state index contributed by atoms with van der Waals surface area (Å²) in [6.45, 7) is 6.55. The molecule has 2 aliphatic rings. The molecule has 0 saturated carbocycles. The van der Waals surface area contributed by atoms with Crippen molar-refractivity contribution in [2.75, 3.05) is 31.2 Å². The molecule has 1 saturated heterocycles. The lowest BCUT2D eigenvalue weighted by molar-refractivity contribution is -0.118. The zero-order valence-electron chi connectivity index (χ0n) is 12.8. The Morgan fingerprint density at radius 1 is 1.45 bits per heavy atom. The molecular formula is C15H20N4O2S. The van der Waals surface area contributed by atoms with Gasteiger partial charge in [0, 0.05) is 24.8 Å². The molecule has 1 fully saturated rings. The van der Waals surface area contributed by atoms with Gasteiger partial charge in [0.05, 0.1) is 18.1 Å². The van der Waals surface area contributed by atoms with Crippen LogP contribution in [0, 0.1) is 0 Å². The Hall–Kier alpha value is -1.44. The third kappa shape index (κ3) is 3.02. The molecule has 6 nitrogen and oxygen atoms in total. The van der Waals surface area contributed by atoms with E-state index in [1.807, 2.05) is 19.1 Å². The van der Waals surface area contributed by atoms with Crippen molar-refractivity contribution in [2.24, 2.45) is 10.7 Å². The lowest BCUT2D eigenvalue weighted by atomic mass is 10.1. The Kier molecular flexibility index (Phi) is 4.20. The molecule has 1 aromatic rings. The maximum atomic E-state index is 11.7. The number of ketones is 1. The maximum absolute atomic E-state index is 11.7. The van der Waals surface area contributed by atoms with Gasteiger partial charge in [-0.15, -0.1) is 0 Å². The van der Waals surface area contributed by atoms with Gasteiger partial charge in [-0.1, -0.05) is 11.8 Å². The van der Waals surface area contributed by atoms with Gasteiger partial charge in [-0.25, -0.2) is 4.98 Å². The second-order valence-corrected chi connectivity index (χ2v) is 7.21. The quantitative estimate of drug-likeness (QED) is 0.896. The van der Waals surface area contributed by atoms with Crippen LogP contribution in [-0.4, -0.2) is 53.0 Å². The smallest absolute Gasteiger partial charge is 0.157 e. The molecular weight excluding hydrogens is 300 g/mol. The second kappa shape index (κ2) is 5.98. The van der Waals surface area contributed by atoms with Gasteiger partial charge in [0.2, 0.25) is 0 Å². The van der Waals surface area contributed by atoms with Crippen LogP contribution in [0.4, 0.5) is 5.82 Å². The first kappa shape index (κ1) is 15.5. The number of thioether (sulfide) groups is 1. The summed E-state index contributed by atoms with van der Waals surface area (Å²) in [6, 6.07) is 3.48. The van der Waals surface area contributed by atoms with Gasteiger partial charge in [0.15, 0.2) is 5.78 Å². The second-order valence-electron chi connectivity index (χ2n) is 5.74. The summed E-state index contributed by atoms with van der Waals surface area (Å²) in [5.41, 5.74) is 7.09. The predicted octanol–water partition coefficient (Wildman–Crippen LogP) is 1.04. The molecule has 0 amide bonds. The van der Waals surface area contributed by atoms with E-state index in [-0.39, 0.29) is 5.78 Å². The van der Waals surface area contributed by atoms with Gasteiger partial charge in [-0.2, -0.15) is 0 Å². The van der Waals surface area contributed by atoms with E-state index in [0.29, 0.717) is 0 Å². The molecule has 2 aliphatic heterocycles. The van der Waals surface area contributed by atoms with Crippen molar-refractivity contribution in [2.45, 2.75) is 24.8 Å². The first-order valence-corrected chi connectivity index (χ1v) is 8.14. The number of carbonyl (C=O) groups excluding carboxylic acids is 1. The van der Waals surface area contributed by atoms with Crippen LogP contribution in [0.5, 0.6) is 0 Å². The largest absolute Gasteiger partial charge is 0.378 e. The number of pyridine rings is 1. The summed E-state index contributed by atoms with van der Waals surface area (Å²) in [4.78, 5) is 22.2. The third-order valence-electron chi connectivity index (χ3n) is 3.82. The lowest BCUT2D eigenvalue weighted by Gasteiger charge is -2.27. The molecule has 22 heavy (non-hydrogen) atoms. The van der Waals surface area contributed by atoms with E-state index in [0.717, 1.165) is 42.7 Å². The molecule has 1 aromatic heterocycles. The molecule has 2 atom stereocenters. The van der Waals surface area contributed by atoms with Crippen LogP contribution in [0.25, 0.3) is 0 Å². The molecule has 3 heterocycles. The van der Waals surface area contributed by atoms with Crippen molar-refractivity contribution in [3.63, 3.8) is 0 Å². The average Bonchev–Trinajstić information content (AvgIpc) is 2.84. The van der Waals surface area contributed by atoms with Crippen LogP contribution in [0.1, 0.15) is 19.4 Å². The number of anilines is 1. The molecule has 7 heteroatoms. The minimum atomic E-state index is -0.690. The average molecular weight is 320 g/mol. The fourth-order valence-electron chi connectivity index (χ4n) is 2.66. The third-order valence-corrected chi connectivity index (χ3v) is 5.02. The van der Waals surface area contributed by atoms with E-state index in [1.165, 1.54) is 18.7 Å². The van der Waals surface area contributed by atoms with Crippen LogP contribution in [0.15, 0.2) is 23.3 Å². The van der Waals surface area contributed by atoms with E-state index < -0.39 is 10.9 Å². The summed E-state index contributed by atoms with van der Waals surface area (Å²) in [6.07, 6.45) is 1.80. The summed E-state index contributed by atoms with van der Waals surface area (Å²) >= 11 is 1.43. The molecule has 0 radical (unpaired) electrons. The number of hydrogen-bond donors (Lipinski definition) is 1. The fourth-order valence-corrected chi connectivity index (χ4v) is 3.80. The summed E-state index contributed by atoms with van der Waals surface area (Å²) in [5, 5.41) is 0.784. The van der Waals surface area contributed by atoms with E-state index in [9.17, 15) is 4.79 Å². The van der Waals surface area contributed by atoms with Crippen molar-refractivity contribution in [3.8, 4) is 0 Å². The molecule has 2 unspecified atom stereocenters. The number of rotatable bonds is 3. The number of aliphatic imine (C=N–C) groups is 1. The molecule has 3 rings (SSSR count). The number of Topliss-reactive ketones (excluding diaryl/α,β-unsaturated/α-hetero) is 1. The molecule has 118 valence electrons. The van der Waals surface area contributed by atoms with E-state index in [1.54, 1.807) is 6.20 Å². The number of aromatic nitrogens is 1. The standard InChI is InChI=1S/C15H20N4O2S/c1-10(20)13-15(2,16)22-14(18-13)11-3-4-12(17-9-11)19-5-7-21-8-6-19/h3-4,9,13H,5-8,16H2,1-2H3. The van der Waals surface area contributed by atoms with Crippen LogP contribution in [-0.2, 0) is 9.53 Å². The first-order valence-electron chi connectivity index (χ1n) is 7.32. The summed E-state index contributed by atoms with van der Waals surface area (Å²) in [7, 11) is 0. The van der Waals surface area contributed by atoms with Gasteiger partial charge in [-0.05, 0) is 26.0 Å². The highest BCUT2D eigenvalue weighted by molar-refractivity contribution is 8.15. The van der Waals surface area contributed by atoms with Gasteiger partial charge in [0.25, 0.3) is 0 Å². The molecule has 2 N–H and O–H groups in total. The van der Waals surface area contributed by atoms with Crippen molar-refractivity contribution >= 4 is 28.4 Å². The van der Waals surface area contributed by atoms with Crippen molar-refractivity contribution in [1.29, 1.82) is 0 Å². The molecule has 0 bridgehead atoms. The van der Waals surface area contributed by atoms with E-state index in [4.69, 9.17) is 10.5 Å². The van der Waals surface area contributed by atoms with Crippen molar-refractivity contribution < 1.29 is 9.53 Å². The van der Waals surface area contributed by atoms with Crippen LogP contribution >= 0.6 is 11.8 Å². The van der Waals surface area contributed by atoms with Gasteiger partial charge < -0.3 is 15.4 Å². The monoisotopic (exact) mass is 320 g/mol. The lowest BCUT2D eigenvalue weighted by Crippen LogP contribution is -2.44. The Bertz CT molecular complexity index is 594. The molecule has 0 aromatic carbocycles. The van der Waals surface area contributed by atoms with E-state index in [2.05, 4.69) is 14.9 Å². The SMILES string of the molecule is CC(=O)C1N=C(c2ccc(N3CCOCC3)nc2)SC1(C)N. The number of ether oxygens (including phenoxy) is 1. The Morgan fingerprint density at radius 3 is 2.73 bits per heavy atom. The highest BCUT2D eigenvalue weighted by Crippen LogP contribution is 2.36. The predicted molar refractivity (Wildman–Crippen MR) is 88.5 cm³/mol. The molecule has 0 spiro atoms. The Morgan fingerprint density at radius 2 is 2.18 bits per heavy atom. The number of nitrogens with zero attached hydrogens (tertiary/aromatic N) is 3. The van der Waals surface area contributed by atoms with E-state index >= 15 is 0 Å². The minimum absolute atomic E-state index is 0.00889. The zero-order chi connectivity index (χ0) is 15.7.